The molecule has 0 spiro atoms. The van der Waals surface area contributed by atoms with Gasteiger partial charge in [-0.2, -0.15) is 0 Å². The molecular weight excluding hydrogens is 294 g/mol. The van der Waals surface area contributed by atoms with E-state index in [0.29, 0.717) is 17.0 Å². The number of ether oxygens (including phenoxy) is 1. The minimum atomic E-state index is -0.908. The average Bonchev–Trinajstić information content (AvgIpc) is 2.95. The molecule has 0 bridgehead atoms. The summed E-state index contributed by atoms with van der Waals surface area (Å²) in [6.45, 7) is 0.178. The number of rotatable bonds is 4. The van der Waals surface area contributed by atoms with Crippen molar-refractivity contribution < 1.29 is 19.4 Å². The molecule has 0 aliphatic carbocycles. The molecule has 1 atom stereocenters. The third-order valence-corrected chi connectivity index (χ3v) is 4.06. The van der Waals surface area contributed by atoms with E-state index in [2.05, 4.69) is 0 Å². The molecule has 0 fully saturated rings. The van der Waals surface area contributed by atoms with E-state index < -0.39 is 11.9 Å². The molecule has 1 amide bonds. The number of carbonyl (C=O) groups excluding carboxylic acids is 1. The van der Waals surface area contributed by atoms with Crippen LogP contribution in [0.15, 0.2) is 48.5 Å². The van der Waals surface area contributed by atoms with Crippen molar-refractivity contribution in [2.75, 3.05) is 18.6 Å². The van der Waals surface area contributed by atoms with E-state index in [4.69, 9.17) is 4.74 Å². The molecule has 2 aromatic carbocycles. The highest BCUT2D eigenvalue weighted by Crippen LogP contribution is 2.36. The molecule has 118 valence electrons. The molecular formula is C18H17NO4. The van der Waals surface area contributed by atoms with Gasteiger partial charge in [-0.05, 0) is 29.3 Å². The first-order chi connectivity index (χ1) is 11.1. The van der Waals surface area contributed by atoms with Crippen LogP contribution in [0.25, 0.3) is 0 Å². The summed E-state index contributed by atoms with van der Waals surface area (Å²) in [4.78, 5) is 25.6. The number of hydrogen-bond acceptors (Lipinski definition) is 3. The van der Waals surface area contributed by atoms with Crippen molar-refractivity contribution in [2.24, 2.45) is 0 Å². The number of amides is 1. The monoisotopic (exact) mass is 311 g/mol. The topological polar surface area (TPSA) is 66.8 Å². The SMILES string of the molecule is COc1cccc(CC(=O)N2CC(C(=O)O)c3ccccc32)c1. The molecule has 1 aliphatic heterocycles. The van der Waals surface area contributed by atoms with Crippen LogP contribution in [0.4, 0.5) is 5.69 Å². The molecule has 0 saturated heterocycles. The van der Waals surface area contributed by atoms with Gasteiger partial charge in [0, 0.05) is 12.2 Å². The zero-order chi connectivity index (χ0) is 16.4. The number of fused-ring (bicyclic) bond motifs is 1. The van der Waals surface area contributed by atoms with E-state index in [9.17, 15) is 14.7 Å². The number of carboxylic acids is 1. The minimum absolute atomic E-state index is 0.116. The summed E-state index contributed by atoms with van der Waals surface area (Å²) in [5.74, 6) is -0.996. The predicted molar refractivity (Wildman–Crippen MR) is 85.9 cm³/mol. The van der Waals surface area contributed by atoms with Gasteiger partial charge in [0.15, 0.2) is 0 Å². The highest BCUT2D eigenvalue weighted by atomic mass is 16.5. The largest absolute Gasteiger partial charge is 0.497 e. The Kier molecular flexibility index (Phi) is 4.02. The zero-order valence-electron chi connectivity index (χ0n) is 12.7. The fraction of sp³-hybridized carbons (Fsp3) is 0.222. The van der Waals surface area contributed by atoms with Crippen molar-refractivity contribution in [3.8, 4) is 5.75 Å². The summed E-state index contributed by atoms with van der Waals surface area (Å²) in [6, 6.07) is 14.5. The summed E-state index contributed by atoms with van der Waals surface area (Å²) in [5.41, 5.74) is 2.22. The van der Waals surface area contributed by atoms with Crippen LogP contribution in [0.1, 0.15) is 17.0 Å². The second-order valence-electron chi connectivity index (χ2n) is 5.48. The van der Waals surface area contributed by atoms with Crippen molar-refractivity contribution in [3.05, 3.63) is 59.7 Å². The first-order valence-corrected chi connectivity index (χ1v) is 7.35. The quantitative estimate of drug-likeness (QED) is 0.942. The summed E-state index contributed by atoms with van der Waals surface area (Å²) in [6.07, 6.45) is 0.206. The van der Waals surface area contributed by atoms with Gasteiger partial charge in [-0.3, -0.25) is 9.59 Å². The highest BCUT2D eigenvalue weighted by molar-refractivity contribution is 5.99. The molecule has 1 N–H and O–H groups in total. The molecule has 0 radical (unpaired) electrons. The molecule has 23 heavy (non-hydrogen) atoms. The Bertz CT molecular complexity index is 756. The molecule has 0 saturated carbocycles. The summed E-state index contributed by atoms with van der Waals surface area (Å²) < 4.78 is 5.16. The molecule has 1 heterocycles. The van der Waals surface area contributed by atoms with E-state index in [1.807, 2.05) is 30.3 Å². The van der Waals surface area contributed by atoms with Gasteiger partial charge in [-0.1, -0.05) is 30.3 Å². The first kappa shape index (κ1) is 15.1. The van der Waals surface area contributed by atoms with Gasteiger partial charge < -0.3 is 14.7 Å². The van der Waals surface area contributed by atoms with Crippen LogP contribution < -0.4 is 9.64 Å². The Morgan fingerprint density at radius 2 is 2.00 bits per heavy atom. The predicted octanol–water partition coefficient (Wildman–Crippen LogP) is 2.45. The van der Waals surface area contributed by atoms with Gasteiger partial charge in [-0.15, -0.1) is 0 Å². The van der Waals surface area contributed by atoms with Gasteiger partial charge in [0.2, 0.25) is 5.91 Å². The maximum Gasteiger partial charge on any atom is 0.312 e. The van der Waals surface area contributed by atoms with Crippen molar-refractivity contribution in [2.45, 2.75) is 12.3 Å². The maximum atomic E-state index is 12.6. The van der Waals surface area contributed by atoms with Crippen LogP contribution >= 0.6 is 0 Å². The van der Waals surface area contributed by atoms with Crippen LogP contribution in [0.2, 0.25) is 0 Å². The normalized spacial score (nSPS) is 16.0. The Labute approximate surface area is 134 Å². The van der Waals surface area contributed by atoms with E-state index in [1.54, 1.807) is 30.2 Å². The lowest BCUT2D eigenvalue weighted by molar-refractivity contribution is -0.138. The van der Waals surface area contributed by atoms with Gasteiger partial charge in [0.1, 0.15) is 11.7 Å². The lowest BCUT2D eigenvalue weighted by atomic mass is 10.0. The Balaban J connectivity index is 1.84. The fourth-order valence-electron chi connectivity index (χ4n) is 2.91. The standard InChI is InChI=1S/C18H17NO4/c1-23-13-6-4-5-12(9-13)10-17(20)19-11-15(18(21)22)14-7-2-3-8-16(14)19/h2-9,15H,10-11H2,1H3,(H,21,22). The molecule has 2 aromatic rings. The molecule has 5 heteroatoms. The molecule has 3 rings (SSSR count). The number of benzene rings is 2. The number of nitrogens with zero attached hydrogens (tertiary/aromatic N) is 1. The van der Waals surface area contributed by atoms with Crippen LogP contribution in [0.5, 0.6) is 5.75 Å². The first-order valence-electron chi connectivity index (χ1n) is 7.35. The Hall–Kier alpha value is -2.82. The fourth-order valence-corrected chi connectivity index (χ4v) is 2.91. The number of carboxylic acid groups (broad SMARTS) is 1. The summed E-state index contributed by atoms with van der Waals surface area (Å²) in [5, 5.41) is 9.36. The lowest BCUT2D eigenvalue weighted by Crippen LogP contribution is -2.32. The molecule has 1 unspecified atom stereocenters. The van der Waals surface area contributed by atoms with Crippen LogP contribution in [0, 0.1) is 0 Å². The van der Waals surface area contributed by atoms with Gasteiger partial charge in [0.25, 0.3) is 0 Å². The smallest absolute Gasteiger partial charge is 0.312 e. The second-order valence-corrected chi connectivity index (χ2v) is 5.48. The Morgan fingerprint density at radius 3 is 2.74 bits per heavy atom. The minimum Gasteiger partial charge on any atom is -0.497 e. The van der Waals surface area contributed by atoms with E-state index in [1.165, 1.54) is 0 Å². The van der Waals surface area contributed by atoms with Crippen LogP contribution in [0.3, 0.4) is 0 Å². The molecule has 1 aliphatic rings. The van der Waals surface area contributed by atoms with Crippen molar-refractivity contribution in [3.63, 3.8) is 0 Å². The van der Waals surface area contributed by atoms with Crippen LogP contribution in [-0.4, -0.2) is 30.6 Å². The third-order valence-electron chi connectivity index (χ3n) is 4.06. The van der Waals surface area contributed by atoms with Gasteiger partial charge in [-0.25, -0.2) is 0 Å². The van der Waals surface area contributed by atoms with Gasteiger partial charge >= 0.3 is 5.97 Å². The highest BCUT2D eigenvalue weighted by Gasteiger charge is 2.36. The Morgan fingerprint density at radius 1 is 1.22 bits per heavy atom. The van der Waals surface area contributed by atoms with E-state index in [-0.39, 0.29) is 18.9 Å². The van der Waals surface area contributed by atoms with Crippen molar-refractivity contribution in [1.29, 1.82) is 0 Å². The summed E-state index contributed by atoms with van der Waals surface area (Å²) >= 11 is 0. The number of aliphatic carboxylic acids is 1. The molecule has 0 aromatic heterocycles. The average molecular weight is 311 g/mol. The number of carbonyl (C=O) groups is 2. The van der Waals surface area contributed by atoms with E-state index in [0.717, 1.165) is 5.56 Å². The lowest BCUT2D eigenvalue weighted by Gasteiger charge is -2.17. The number of methoxy groups -OCH3 is 1. The number of hydrogen-bond donors (Lipinski definition) is 1. The van der Waals surface area contributed by atoms with Crippen molar-refractivity contribution in [1.82, 2.24) is 0 Å². The number of para-hydroxylation sites is 1. The maximum absolute atomic E-state index is 12.6. The molecule has 5 nitrogen and oxygen atoms in total. The summed E-state index contributed by atoms with van der Waals surface area (Å²) in [7, 11) is 1.58. The van der Waals surface area contributed by atoms with Crippen molar-refractivity contribution >= 4 is 17.6 Å². The van der Waals surface area contributed by atoms with Crippen LogP contribution in [-0.2, 0) is 16.0 Å². The van der Waals surface area contributed by atoms with E-state index >= 15 is 0 Å². The third kappa shape index (κ3) is 2.90. The second kappa shape index (κ2) is 6.12. The zero-order valence-corrected chi connectivity index (χ0v) is 12.7. The number of anilines is 1. The van der Waals surface area contributed by atoms with Gasteiger partial charge in [0.05, 0.1) is 13.5 Å².